The van der Waals surface area contributed by atoms with Crippen LogP contribution in [0.25, 0.3) is 4.96 Å². The number of thiazole rings is 1. The molecule has 4 rings (SSSR count). The maximum absolute atomic E-state index is 11.8. The van der Waals surface area contributed by atoms with Gasteiger partial charge in [0.05, 0.1) is 5.69 Å². The molecule has 2 aliphatic rings. The van der Waals surface area contributed by atoms with Crippen molar-refractivity contribution in [3.05, 3.63) is 22.0 Å². The van der Waals surface area contributed by atoms with Gasteiger partial charge in [0.2, 0.25) is 0 Å². The van der Waals surface area contributed by atoms with E-state index in [1.54, 1.807) is 11.3 Å². The highest BCUT2D eigenvalue weighted by Crippen LogP contribution is 2.41. The lowest BCUT2D eigenvalue weighted by molar-refractivity contribution is 0.0688. The molecule has 1 aliphatic heterocycles. The molecule has 0 saturated carbocycles. The van der Waals surface area contributed by atoms with Gasteiger partial charge in [-0.1, -0.05) is 20.8 Å². The molecule has 26 heavy (non-hydrogen) atoms. The van der Waals surface area contributed by atoms with Gasteiger partial charge < -0.3 is 10.4 Å². The Morgan fingerprint density at radius 3 is 2.73 bits per heavy atom. The number of imidazole rings is 1. The Hall–Kier alpha value is -1.44. The summed E-state index contributed by atoms with van der Waals surface area (Å²) in [5.41, 5.74) is 2.70. The molecule has 1 atom stereocenters. The Kier molecular flexibility index (Phi) is 4.57. The fourth-order valence-corrected chi connectivity index (χ4v) is 5.52. The molecule has 1 unspecified atom stereocenters. The van der Waals surface area contributed by atoms with Gasteiger partial charge in [-0.15, -0.1) is 11.3 Å². The second-order valence-electron chi connectivity index (χ2n) is 8.63. The van der Waals surface area contributed by atoms with E-state index in [1.807, 2.05) is 0 Å². The number of piperazine rings is 1. The molecule has 0 amide bonds. The first-order valence-electron chi connectivity index (χ1n) is 9.53. The molecule has 142 valence electrons. The SMILES string of the molecule is CC(C)(C)C1CCc2c(sc3nc(C(=O)O)c(CN4CCNCC4)n23)C1. The number of rotatable bonds is 3. The van der Waals surface area contributed by atoms with Crippen LogP contribution in [0.1, 0.15) is 53.9 Å². The Balaban J connectivity index is 1.73. The Morgan fingerprint density at radius 1 is 1.35 bits per heavy atom. The number of aryl methyl sites for hydroxylation is 1. The molecule has 7 heteroatoms. The number of hydrogen-bond donors (Lipinski definition) is 2. The lowest BCUT2D eigenvalue weighted by Gasteiger charge is -2.33. The van der Waals surface area contributed by atoms with Crippen molar-refractivity contribution in [1.82, 2.24) is 19.6 Å². The Labute approximate surface area is 158 Å². The smallest absolute Gasteiger partial charge is 0.356 e. The number of carbonyl (C=O) groups is 1. The maximum Gasteiger partial charge on any atom is 0.356 e. The zero-order valence-electron chi connectivity index (χ0n) is 15.8. The highest BCUT2D eigenvalue weighted by molar-refractivity contribution is 7.17. The van der Waals surface area contributed by atoms with Crippen LogP contribution >= 0.6 is 11.3 Å². The summed E-state index contributed by atoms with van der Waals surface area (Å²) in [4.78, 5) is 20.9. The van der Waals surface area contributed by atoms with Gasteiger partial charge >= 0.3 is 5.97 Å². The topological polar surface area (TPSA) is 69.9 Å². The van der Waals surface area contributed by atoms with Crippen LogP contribution in [0.3, 0.4) is 0 Å². The summed E-state index contributed by atoms with van der Waals surface area (Å²) < 4.78 is 2.17. The lowest BCUT2D eigenvalue weighted by atomic mass is 9.73. The highest BCUT2D eigenvalue weighted by Gasteiger charge is 2.33. The van der Waals surface area contributed by atoms with Gasteiger partial charge in [0, 0.05) is 43.3 Å². The minimum absolute atomic E-state index is 0.232. The van der Waals surface area contributed by atoms with Crippen molar-refractivity contribution >= 4 is 22.3 Å². The van der Waals surface area contributed by atoms with Gasteiger partial charge in [-0.2, -0.15) is 0 Å². The predicted octanol–water partition coefficient (Wildman–Crippen LogP) is 2.65. The number of nitrogens with one attached hydrogen (secondary N) is 1. The predicted molar refractivity (Wildman–Crippen MR) is 103 cm³/mol. The standard InChI is InChI=1S/C19H28N4O2S/c1-19(2,3)12-4-5-13-15(10-12)26-18-21-16(17(24)25)14(23(13)18)11-22-8-6-20-7-9-22/h12,20H,4-11H2,1-3H3,(H,24,25). The van der Waals surface area contributed by atoms with E-state index in [-0.39, 0.29) is 5.69 Å². The summed E-state index contributed by atoms with van der Waals surface area (Å²) in [7, 11) is 0. The fraction of sp³-hybridized carbons (Fsp3) is 0.684. The first-order chi connectivity index (χ1) is 12.3. The molecule has 1 saturated heterocycles. The van der Waals surface area contributed by atoms with Crippen molar-refractivity contribution in [2.75, 3.05) is 26.2 Å². The van der Waals surface area contributed by atoms with Gasteiger partial charge in [0.25, 0.3) is 0 Å². The minimum Gasteiger partial charge on any atom is -0.476 e. The largest absolute Gasteiger partial charge is 0.476 e. The monoisotopic (exact) mass is 376 g/mol. The second-order valence-corrected chi connectivity index (χ2v) is 9.70. The first kappa shape index (κ1) is 17.9. The summed E-state index contributed by atoms with van der Waals surface area (Å²) in [5, 5.41) is 13.0. The van der Waals surface area contributed by atoms with Crippen LogP contribution in [0.2, 0.25) is 0 Å². The van der Waals surface area contributed by atoms with Gasteiger partial charge in [0.15, 0.2) is 10.7 Å². The van der Waals surface area contributed by atoms with Crippen LogP contribution in [-0.4, -0.2) is 51.5 Å². The molecule has 0 radical (unpaired) electrons. The molecule has 2 N–H and O–H groups in total. The Bertz CT molecular complexity index is 827. The normalized spacial score (nSPS) is 21.9. The summed E-state index contributed by atoms with van der Waals surface area (Å²) >= 11 is 1.69. The number of nitrogens with zero attached hydrogens (tertiary/aromatic N) is 3. The molecule has 1 aliphatic carbocycles. The van der Waals surface area contributed by atoms with Crippen molar-refractivity contribution in [2.45, 2.75) is 46.6 Å². The summed E-state index contributed by atoms with van der Waals surface area (Å²) in [6, 6.07) is 0. The molecule has 2 aromatic heterocycles. The molecule has 0 spiro atoms. The average Bonchev–Trinajstić information content (AvgIpc) is 3.11. The van der Waals surface area contributed by atoms with Crippen LogP contribution in [-0.2, 0) is 19.4 Å². The van der Waals surface area contributed by atoms with E-state index in [9.17, 15) is 9.90 Å². The third-order valence-corrected chi connectivity index (χ3v) is 7.03. The van der Waals surface area contributed by atoms with Crippen molar-refractivity contribution < 1.29 is 9.90 Å². The van der Waals surface area contributed by atoms with E-state index >= 15 is 0 Å². The molecule has 0 bridgehead atoms. The molecular formula is C19H28N4O2S. The van der Waals surface area contributed by atoms with Crippen LogP contribution in [0.15, 0.2) is 0 Å². The number of aromatic carboxylic acids is 1. The van der Waals surface area contributed by atoms with Crippen LogP contribution in [0.4, 0.5) is 0 Å². The van der Waals surface area contributed by atoms with Crippen LogP contribution < -0.4 is 5.32 Å². The average molecular weight is 377 g/mol. The van der Waals surface area contributed by atoms with Crippen molar-refractivity contribution in [2.24, 2.45) is 11.3 Å². The van der Waals surface area contributed by atoms with Crippen molar-refractivity contribution in [3.8, 4) is 0 Å². The van der Waals surface area contributed by atoms with E-state index in [2.05, 4.69) is 40.4 Å². The lowest BCUT2D eigenvalue weighted by Crippen LogP contribution is -2.43. The van der Waals surface area contributed by atoms with Crippen LogP contribution in [0.5, 0.6) is 0 Å². The van der Waals surface area contributed by atoms with E-state index in [1.165, 1.54) is 10.6 Å². The third kappa shape index (κ3) is 3.17. The molecule has 1 fully saturated rings. The van der Waals surface area contributed by atoms with E-state index in [0.717, 1.165) is 56.1 Å². The summed E-state index contributed by atoms with van der Waals surface area (Å²) in [6.45, 7) is 11.4. The zero-order chi connectivity index (χ0) is 18.5. The molecule has 2 aromatic rings. The number of aromatic nitrogens is 2. The minimum atomic E-state index is -0.914. The van der Waals surface area contributed by atoms with Crippen LogP contribution in [0, 0.1) is 11.3 Å². The highest BCUT2D eigenvalue weighted by atomic mass is 32.1. The number of carboxylic acids is 1. The molecule has 6 nitrogen and oxygen atoms in total. The fourth-order valence-electron chi connectivity index (χ4n) is 4.26. The van der Waals surface area contributed by atoms with E-state index in [4.69, 9.17) is 0 Å². The van der Waals surface area contributed by atoms with Crippen molar-refractivity contribution in [3.63, 3.8) is 0 Å². The molecule has 3 heterocycles. The number of fused-ring (bicyclic) bond motifs is 3. The zero-order valence-corrected chi connectivity index (χ0v) is 16.7. The molecule has 0 aromatic carbocycles. The van der Waals surface area contributed by atoms with E-state index in [0.29, 0.717) is 17.9 Å². The van der Waals surface area contributed by atoms with Gasteiger partial charge in [-0.3, -0.25) is 9.30 Å². The number of carboxylic acid groups (broad SMARTS) is 1. The van der Waals surface area contributed by atoms with Gasteiger partial charge in [-0.05, 0) is 30.6 Å². The Morgan fingerprint density at radius 2 is 2.08 bits per heavy atom. The van der Waals surface area contributed by atoms with Gasteiger partial charge in [-0.25, -0.2) is 9.78 Å². The first-order valence-corrected chi connectivity index (χ1v) is 10.3. The summed E-state index contributed by atoms with van der Waals surface area (Å²) in [5.74, 6) is -0.239. The second kappa shape index (κ2) is 6.62. The molecular weight excluding hydrogens is 348 g/mol. The summed E-state index contributed by atoms with van der Waals surface area (Å²) in [6.07, 6.45) is 3.26. The third-order valence-electron chi connectivity index (χ3n) is 5.92. The number of hydrogen-bond acceptors (Lipinski definition) is 5. The maximum atomic E-state index is 11.8. The quantitative estimate of drug-likeness (QED) is 0.862. The van der Waals surface area contributed by atoms with Crippen molar-refractivity contribution in [1.29, 1.82) is 0 Å². The van der Waals surface area contributed by atoms with E-state index < -0.39 is 5.97 Å². The van der Waals surface area contributed by atoms with Gasteiger partial charge in [0.1, 0.15) is 0 Å².